The normalized spacial score (nSPS) is 16.0. The van der Waals surface area contributed by atoms with Crippen LogP contribution in [0.5, 0.6) is 11.5 Å². The van der Waals surface area contributed by atoms with E-state index >= 15 is 0 Å². The van der Waals surface area contributed by atoms with E-state index in [1.165, 1.54) is 0 Å². The second kappa shape index (κ2) is 9.65. The molecule has 0 saturated carbocycles. The molecule has 0 unspecified atom stereocenters. The van der Waals surface area contributed by atoms with Crippen molar-refractivity contribution in [3.05, 3.63) is 59.7 Å². The van der Waals surface area contributed by atoms with E-state index in [9.17, 15) is 9.59 Å². The van der Waals surface area contributed by atoms with Crippen LogP contribution in [0.4, 0.5) is 0 Å². The van der Waals surface area contributed by atoms with Crippen molar-refractivity contribution in [2.75, 3.05) is 26.2 Å². The first kappa shape index (κ1) is 21.7. The fraction of sp³-hybridized carbons (Fsp3) is 0.417. The van der Waals surface area contributed by atoms with Crippen LogP contribution < -0.4 is 9.47 Å². The van der Waals surface area contributed by atoms with Gasteiger partial charge in [-0.3, -0.25) is 9.59 Å². The zero-order valence-corrected chi connectivity index (χ0v) is 18.1. The Hall–Kier alpha value is -3.02. The fourth-order valence-electron chi connectivity index (χ4n) is 3.40. The molecule has 0 aromatic heterocycles. The number of carbonyl (C=O) groups is 2. The van der Waals surface area contributed by atoms with Crippen molar-refractivity contribution in [1.82, 2.24) is 9.80 Å². The van der Waals surface area contributed by atoms with E-state index in [1.807, 2.05) is 62.4 Å². The monoisotopic (exact) mass is 410 g/mol. The van der Waals surface area contributed by atoms with Crippen LogP contribution in [0.1, 0.15) is 25.0 Å². The Morgan fingerprint density at radius 2 is 0.967 bits per heavy atom. The van der Waals surface area contributed by atoms with Crippen molar-refractivity contribution in [1.29, 1.82) is 0 Å². The molecule has 6 nitrogen and oxygen atoms in total. The van der Waals surface area contributed by atoms with Crippen LogP contribution in [0.3, 0.4) is 0 Å². The smallest absolute Gasteiger partial charge is 0.263 e. The summed E-state index contributed by atoms with van der Waals surface area (Å²) >= 11 is 0. The molecule has 6 heteroatoms. The van der Waals surface area contributed by atoms with Crippen molar-refractivity contribution in [2.24, 2.45) is 0 Å². The summed E-state index contributed by atoms with van der Waals surface area (Å²) in [5, 5.41) is 0. The highest BCUT2D eigenvalue weighted by Crippen LogP contribution is 2.17. The quantitative estimate of drug-likeness (QED) is 0.734. The predicted molar refractivity (Wildman–Crippen MR) is 116 cm³/mol. The van der Waals surface area contributed by atoms with Gasteiger partial charge in [-0.2, -0.15) is 0 Å². The van der Waals surface area contributed by atoms with Crippen molar-refractivity contribution < 1.29 is 19.1 Å². The summed E-state index contributed by atoms with van der Waals surface area (Å²) in [6.45, 7) is 9.49. The van der Waals surface area contributed by atoms with Crippen molar-refractivity contribution >= 4 is 11.8 Å². The molecule has 1 fully saturated rings. The minimum Gasteiger partial charge on any atom is -0.481 e. The summed E-state index contributed by atoms with van der Waals surface area (Å²) in [5.74, 6) is 1.23. The minimum atomic E-state index is -0.571. The van der Waals surface area contributed by atoms with Crippen LogP contribution in [0.15, 0.2) is 48.5 Å². The molecule has 2 atom stereocenters. The number of hydrogen-bond acceptors (Lipinski definition) is 4. The SMILES string of the molecule is Cc1ccc(O[C@@H](C)C(=O)N2CCN(C(=O)[C@H](C)Oc3ccc(C)cc3)CC2)cc1. The van der Waals surface area contributed by atoms with E-state index in [2.05, 4.69) is 0 Å². The number of benzene rings is 2. The van der Waals surface area contributed by atoms with Gasteiger partial charge in [0.15, 0.2) is 12.2 Å². The first-order valence-electron chi connectivity index (χ1n) is 10.4. The van der Waals surface area contributed by atoms with Crippen molar-refractivity contribution in [2.45, 2.75) is 39.9 Å². The van der Waals surface area contributed by atoms with Gasteiger partial charge in [0.05, 0.1) is 0 Å². The Morgan fingerprint density at radius 3 is 1.27 bits per heavy atom. The highest BCUT2D eigenvalue weighted by atomic mass is 16.5. The summed E-state index contributed by atoms with van der Waals surface area (Å²) in [6, 6.07) is 15.3. The molecule has 1 heterocycles. The number of piperazine rings is 1. The third kappa shape index (κ3) is 5.53. The molecule has 0 aliphatic carbocycles. The lowest BCUT2D eigenvalue weighted by Gasteiger charge is -2.36. The largest absolute Gasteiger partial charge is 0.481 e. The van der Waals surface area contributed by atoms with Gasteiger partial charge in [-0.1, -0.05) is 35.4 Å². The molecular weight excluding hydrogens is 380 g/mol. The number of ether oxygens (including phenoxy) is 2. The van der Waals surface area contributed by atoms with E-state index in [1.54, 1.807) is 23.6 Å². The lowest BCUT2D eigenvalue weighted by molar-refractivity contribution is -0.146. The fourth-order valence-corrected chi connectivity index (χ4v) is 3.40. The number of nitrogens with zero attached hydrogens (tertiary/aromatic N) is 2. The van der Waals surface area contributed by atoms with E-state index < -0.39 is 12.2 Å². The molecule has 1 saturated heterocycles. The van der Waals surface area contributed by atoms with Gasteiger partial charge in [-0.25, -0.2) is 0 Å². The average Bonchev–Trinajstić information content (AvgIpc) is 2.76. The number of aryl methyl sites for hydroxylation is 2. The second-order valence-electron chi connectivity index (χ2n) is 7.80. The van der Waals surface area contributed by atoms with Gasteiger partial charge >= 0.3 is 0 Å². The standard InChI is InChI=1S/C24H30N2O4/c1-17-5-9-21(10-6-17)29-19(3)23(27)25-13-15-26(16-14-25)24(28)20(4)30-22-11-7-18(2)8-12-22/h5-12,19-20H,13-16H2,1-4H3/t19-,20-/m0/s1. The average molecular weight is 411 g/mol. The Morgan fingerprint density at radius 1 is 0.667 bits per heavy atom. The zero-order valence-electron chi connectivity index (χ0n) is 18.1. The Kier molecular flexibility index (Phi) is 6.98. The highest BCUT2D eigenvalue weighted by Gasteiger charge is 2.30. The maximum absolute atomic E-state index is 12.7. The third-order valence-corrected chi connectivity index (χ3v) is 5.27. The van der Waals surface area contributed by atoms with Crippen LogP contribution in [0, 0.1) is 13.8 Å². The van der Waals surface area contributed by atoms with Gasteiger partial charge in [0, 0.05) is 26.2 Å². The van der Waals surface area contributed by atoms with E-state index in [4.69, 9.17) is 9.47 Å². The number of rotatable bonds is 6. The topological polar surface area (TPSA) is 59.1 Å². The third-order valence-electron chi connectivity index (χ3n) is 5.27. The maximum atomic E-state index is 12.7. The second-order valence-corrected chi connectivity index (χ2v) is 7.80. The number of carbonyl (C=O) groups excluding carboxylic acids is 2. The molecule has 1 aliphatic rings. The molecule has 160 valence electrons. The first-order valence-corrected chi connectivity index (χ1v) is 10.4. The first-order chi connectivity index (χ1) is 14.3. The van der Waals surface area contributed by atoms with Gasteiger partial charge in [-0.15, -0.1) is 0 Å². The van der Waals surface area contributed by atoms with Gasteiger partial charge in [-0.05, 0) is 52.0 Å². The van der Waals surface area contributed by atoms with Crippen LogP contribution in [0.25, 0.3) is 0 Å². The van der Waals surface area contributed by atoms with Crippen LogP contribution in [-0.2, 0) is 9.59 Å². The Labute approximate surface area is 178 Å². The molecule has 0 bridgehead atoms. The van der Waals surface area contributed by atoms with E-state index in [0.717, 1.165) is 11.1 Å². The van der Waals surface area contributed by atoms with Crippen molar-refractivity contribution in [3.8, 4) is 11.5 Å². The van der Waals surface area contributed by atoms with Crippen molar-refractivity contribution in [3.63, 3.8) is 0 Å². The molecule has 0 spiro atoms. The zero-order chi connectivity index (χ0) is 21.7. The summed E-state index contributed by atoms with van der Waals surface area (Å²) < 4.78 is 11.6. The van der Waals surface area contributed by atoms with E-state index in [-0.39, 0.29) is 11.8 Å². The molecule has 0 radical (unpaired) electrons. The Balaban J connectivity index is 1.48. The molecule has 3 rings (SSSR count). The minimum absolute atomic E-state index is 0.0633. The van der Waals surface area contributed by atoms with Crippen LogP contribution in [0.2, 0.25) is 0 Å². The molecular formula is C24H30N2O4. The molecule has 0 N–H and O–H groups in total. The van der Waals surface area contributed by atoms with Crippen LogP contribution in [-0.4, -0.2) is 60.0 Å². The Bertz CT molecular complexity index is 782. The predicted octanol–water partition coefficient (Wildman–Crippen LogP) is 3.21. The summed E-state index contributed by atoms with van der Waals surface area (Å²) in [4.78, 5) is 29.0. The number of amides is 2. The molecule has 2 aromatic carbocycles. The summed E-state index contributed by atoms with van der Waals surface area (Å²) in [6.07, 6.45) is -1.14. The highest BCUT2D eigenvalue weighted by molar-refractivity contribution is 5.83. The maximum Gasteiger partial charge on any atom is 0.263 e. The molecule has 2 amide bonds. The van der Waals surface area contributed by atoms with Gasteiger partial charge in [0.1, 0.15) is 11.5 Å². The molecule has 1 aliphatic heterocycles. The molecule has 30 heavy (non-hydrogen) atoms. The van der Waals surface area contributed by atoms with E-state index in [0.29, 0.717) is 37.7 Å². The van der Waals surface area contributed by atoms with Gasteiger partial charge in [0.25, 0.3) is 11.8 Å². The lowest BCUT2D eigenvalue weighted by atomic mass is 10.2. The molecule has 2 aromatic rings. The summed E-state index contributed by atoms with van der Waals surface area (Å²) in [7, 11) is 0. The van der Waals surface area contributed by atoms with Gasteiger partial charge < -0.3 is 19.3 Å². The summed E-state index contributed by atoms with van der Waals surface area (Å²) in [5.41, 5.74) is 2.28. The van der Waals surface area contributed by atoms with Gasteiger partial charge in [0.2, 0.25) is 0 Å². The van der Waals surface area contributed by atoms with Crippen LogP contribution >= 0.6 is 0 Å². The number of hydrogen-bond donors (Lipinski definition) is 0. The lowest BCUT2D eigenvalue weighted by Crippen LogP contribution is -2.55.